The van der Waals surface area contributed by atoms with Crippen LogP contribution in [0.4, 0.5) is 0 Å². The molecule has 3 bridgehead atoms. The van der Waals surface area contributed by atoms with Crippen LogP contribution >= 0.6 is 0 Å². The fraction of sp³-hybridized carbons (Fsp3) is 0.571. The molecule has 1 N–H and O–H groups in total. The summed E-state index contributed by atoms with van der Waals surface area (Å²) in [6, 6.07) is 7.99. The molecule has 1 aromatic carbocycles. The summed E-state index contributed by atoms with van der Waals surface area (Å²) in [5, 5.41) is 12.0. The van der Waals surface area contributed by atoms with Gasteiger partial charge < -0.3 is 28.8 Å². The van der Waals surface area contributed by atoms with Gasteiger partial charge in [0.05, 0.1) is 11.5 Å². The van der Waals surface area contributed by atoms with Crippen molar-refractivity contribution in [1.29, 1.82) is 0 Å². The Balaban J connectivity index is 1.97. The summed E-state index contributed by atoms with van der Waals surface area (Å²) in [7, 11) is 0. The second-order valence-electron chi connectivity index (χ2n) is 13.7. The maximum Gasteiger partial charge on any atom is 0.338 e. The number of hydrogen-bond donors (Lipinski definition) is 1. The number of carbonyl (C=O) groups is 5. The zero-order chi connectivity index (χ0) is 34.4. The molecule has 2 saturated heterocycles. The summed E-state index contributed by atoms with van der Waals surface area (Å²) in [5.41, 5.74) is -3.61. The van der Waals surface area contributed by atoms with E-state index < -0.39 is 94.6 Å². The topological polar surface area (TPSA) is 152 Å². The first-order chi connectivity index (χ1) is 21.3. The third-order valence-corrected chi connectivity index (χ3v) is 9.18. The van der Waals surface area contributed by atoms with Gasteiger partial charge in [0, 0.05) is 37.2 Å². The molecular weight excluding hydrogens is 596 g/mol. The van der Waals surface area contributed by atoms with Gasteiger partial charge in [0.15, 0.2) is 11.9 Å². The van der Waals surface area contributed by atoms with E-state index in [-0.39, 0.29) is 17.6 Å². The second-order valence-corrected chi connectivity index (χ2v) is 13.7. The van der Waals surface area contributed by atoms with Gasteiger partial charge in [-0.05, 0) is 19.1 Å². The molecule has 4 aliphatic rings. The van der Waals surface area contributed by atoms with E-state index in [1.54, 1.807) is 71.9 Å². The minimum atomic E-state index is -1.75. The average Bonchev–Trinajstić information content (AvgIpc) is 2.96. The van der Waals surface area contributed by atoms with Gasteiger partial charge in [0.25, 0.3) is 0 Å². The number of hydrogen-bond acceptors (Lipinski definition) is 11. The molecule has 1 saturated carbocycles. The SMILES string of the molecule is C=C1[C@H](OC(=O)C(C)C)C2C(=O)[C@@]3(C[C@@](C)(O3)[C@@H]2OC(C)=O)[C@@H](C)/C=C/C(C)(C)[C@H](OC(C)=O)[C@H](O)[C@H]1OC(=O)c1ccccc1. The molecule has 0 amide bonds. The lowest BCUT2D eigenvalue weighted by atomic mass is 9.56. The Morgan fingerprint density at radius 2 is 1.50 bits per heavy atom. The summed E-state index contributed by atoms with van der Waals surface area (Å²) in [6.45, 7) is 16.7. The van der Waals surface area contributed by atoms with Gasteiger partial charge in [-0.15, -0.1) is 0 Å². The van der Waals surface area contributed by atoms with Gasteiger partial charge in [-0.25, -0.2) is 4.79 Å². The van der Waals surface area contributed by atoms with Crippen LogP contribution in [0, 0.1) is 23.2 Å². The third-order valence-electron chi connectivity index (χ3n) is 9.18. The summed E-state index contributed by atoms with van der Waals surface area (Å²) < 4.78 is 29.6. The highest BCUT2D eigenvalue weighted by atomic mass is 16.6. The number of Topliss-reactive ketones (excluding diaryl/α,β-unsaturated/α-hetero) is 1. The summed E-state index contributed by atoms with van der Waals surface area (Å²) >= 11 is 0. The Hall–Kier alpha value is -3.83. The van der Waals surface area contributed by atoms with E-state index in [4.69, 9.17) is 23.7 Å². The Morgan fingerprint density at radius 1 is 0.935 bits per heavy atom. The summed E-state index contributed by atoms with van der Waals surface area (Å²) in [5.74, 6) is -5.97. The molecule has 3 fully saturated rings. The van der Waals surface area contributed by atoms with Gasteiger partial charge in [-0.1, -0.05) is 71.5 Å². The van der Waals surface area contributed by atoms with Crippen LogP contribution in [0.1, 0.15) is 72.2 Å². The molecule has 1 aromatic rings. The van der Waals surface area contributed by atoms with Crippen LogP contribution < -0.4 is 0 Å². The van der Waals surface area contributed by atoms with Crippen molar-refractivity contribution in [2.45, 2.75) is 104 Å². The highest BCUT2D eigenvalue weighted by Gasteiger charge is 2.74. The smallest absolute Gasteiger partial charge is 0.338 e. The monoisotopic (exact) mass is 640 g/mol. The number of rotatable bonds is 6. The molecule has 5 rings (SSSR count). The minimum Gasteiger partial charge on any atom is -0.459 e. The van der Waals surface area contributed by atoms with E-state index >= 15 is 0 Å². The van der Waals surface area contributed by atoms with Crippen molar-refractivity contribution in [3.8, 4) is 0 Å². The molecule has 9 atom stereocenters. The fourth-order valence-corrected chi connectivity index (χ4v) is 6.74. The van der Waals surface area contributed by atoms with Gasteiger partial charge in [-0.2, -0.15) is 0 Å². The molecule has 1 spiro atoms. The van der Waals surface area contributed by atoms with Crippen LogP contribution in [0.5, 0.6) is 0 Å². The highest BCUT2D eigenvalue weighted by Crippen LogP contribution is 2.58. The number of aliphatic hydroxyl groups is 1. The van der Waals surface area contributed by atoms with E-state index in [0.29, 0.717) is 0 Å². The normalized spacial score (nSPS) is 35.8. The van der Waals surface area contributed by atoms with Crippen LogP contribution in [0.2, 0.25) is 0 Å². The van der Waals surface area contributed by atoms with Crippen LogP contribution in [0.15, 0.2) is 54.6 Å². The van der Waals surface area contributed by atoms with E-state index in [0.717, 1.165) is 0 Å². The first-order valence-electron chi connectivity index (χ1n) is 15.5. The van der Waals surface area contributed by atoms with E-state index in [1.165, 1.54) is 26.0 Å². The Bertz CT molecular complexity index is 1420. The van der Waals surface area contributed by atoms with Crippen molar-refractivity contribution in [3.63, 3.8) is 0 Å². The molecule has 0 radical (unpaired) electrons. The maximum atomic E-state index is 14.6. The van der Waals surface area contributed by atoms with Crippen molar-refractivity contribution in [1.82, 2.24) is 0 Å². The molecule has 0 aromatic heterocycles. The fourth-order valence-electron chi connectivity index (χ4n) is 6.74. The van der Waals surface area contributed by atoms with E-state index in [9.17, 15) is 29.1 Å². The third kappa shape index (κ3) is 6.40. The zero-order valence-corrected chi connectivity index (χ0v) is 27.6. The zero-order valence-electron chi connectivity index (χ0n) is 27.6. The summed E-state index contributed by atoms with van der Waals surface area (Å²) in [4.78, 5) is 66.1. The van der Waals surface area contributed by atoms with Gasteiger partial charge >= 0.3 is 23.9 Å². The average molecular weight is 641 g/mol. The molecule has 2 aliphatic carbocycles. The largest absolute Gasteiger partial charge is 0.459 e. The van der Waals surface area contributed by atoms with Crippen molar-refractivity contribution in [3.05, 3.63) is 60.2 Å². The molecular formula is C35H44O11. The van der Waals surface area contributed by atoms with Crippen molar-refractivity contribution < 1.29 is 52.8 Å². The second kappa shape index (κ2) is 12.8. The van der Waals surface area contributed by atoms with Gasteiger partial charge in [-0.3, -0.25) is 19.2 Å². The highest BCUT2D eigenvalue weighted by molar-refractivity contribution is 5.95. The lowest BCUT2D eigenvalue weighted by Crippen LogP contribution is -2.79. The van der Waals surface area contributed by atoms with Gasteiger partial charge in [0.1, 0.15) is 41.5 Å². The first-order valence-corrected chi connectivity index (χ1v) is 15.5. The standard InChI is InChI=1S/C35H44O11/c1-18(2)31(40)44-26-20(4)27(45-32(41)23-13-11-10-12-14-23)25(38)30(43-22(6)37)33(7,8)16-15-19(3)35-17-34(9,46-35)29(42-21(5)36)24(26)28(35)39/h10-16,18-19,24-27,29-30,38H,4,17H2,1-3,5-9H3/b16-15+/t19-,24?,25+,26-,27-,29+,30+,34+,35+/m0/s1. The number of aliphatic hydroxyl groups excluding tert-OH is 1. The molecule has 11 nitrogen and oxygen atoms in total. The van der Waals surface area contributed by atoms with Crippen LogP contribution in [0.25, 0.3) is 0 Å². The Morgan fingerprint density at radius 3 is 2.04 bits per heavy atom. The lowest BCUT2D eigenvalue weighted by molar-refractivity contribution is -0.331. The number of esters is 4. The van der Waals surface area contributed by atoms with Gasteiger partial charge in [0.2, 0.25) is 0 Å². The van der Waals surface area contributed by atoms with Crippen LogP contribution in [-0.4, -0.2) is 76.5 Å². The van der Waals surface area contributed by atoms with Crippen LogP contribution in [0.3, 0.4) is 0 Å². The number of carbonyl (C=O) groups excluding carboxylic acids is 5. The molecule has 2 heterocycles. The van der Waals surface area contributed by atoms with Crippen molar-refractivity contribution >= 4 is 29.7 Å². The molecule has 1 unspecified atom stereocenters. The number of ether oxygens (including phenoxy) is 5. The predicted molar refractivity (Wildman–Crippen MR) is 164 cm³/mol. The first kappa shape index (κ1) is 35.0. The number of benzene rings is 1. The summed E-state index contributed by atoms with van der Waals surface area (Å²) in [6.07, 6.45) is -3.80. The molecule has 2 aliphatic heterocycles. The number of ketones is 1. The van der Waals surface area contributed by atoms with Crippen molar-refractivity contribution in [2.24, 2.45) is 23.2 Å². The molecule has 11 heteroatoms. The van der Waals surface area contributed by atoms with Crippen LogP contribution in [-0.2, 0) is 42.9 Å². The predicted octanol–water partition coefficient (Wildman–Crippen LogP) is 3.91. The maximum absolute atomic E-state index is 14.6. The quantitative estimate of drug-likeness (QED) is 0.274. The lowest BCUT2D eigenvalue weighted by Gasteiger charge is -2.65. The Kier molecular flexibility index (Phi) is 9.71. The molecule has 46 heavy (non-hydrogen) atoms. The van der Waals surface area contributed by atoms with Crippen molar-refractivity contribution in [2.75, 3.05) is 0 Å². The Labute approximate surface area is 269 Å². The van der Waals surface area contributed by atoms with E-state index in [2.05, 4.69) is 6.58 Å². The minimum absolute atomic E-state index is 0.147. The molecule has 250 valence electrons. The van der Waals surface area contributed by atoms with E-state index in [1.807, 2.05) is 0 Å².